The van der Waals surface area contributed by atoms with Gasteiger partial charge >= 0.3 is 0 Å². The molecule has 0 aliphatic carbocycles. The van der Waals surface area contributed by atoms with Gasteiger partial charge in [-0.1, -0.05) is 0 Å². The van der Waals surface area contributed by atoms with Gasteiger partial charge in [0.15, 0.2) is 5.65 Å². The van der Waals surface area contributed by atoms with E-state index in [0.29, 0.717) is 5.88 Å². The van der Waals surface area contributed by atoms with E-state index in [9.17, 15) is 0 Å². The Bertz CT molecular complexity index is 575. The van der Waals surface area contributed by atoms with Crippen molar-refractivity contribution in [3.63, 3.8) is 0 Å². The van der Waals surface area contributed by atoms with Crippen LogP contribution in [0.1, 0.15) is 17.8 Å². The summed E-state index contributed by atoms with van der Waals surface area (Å²) >= 11 is 7.97. The first kappa shape index (κ1) is 13.3. The summed E-state index contributed by atoms with van der Waals surface area (Å²) in [6.07, 6.45) is 4.00. The summed E-state index contributed by atoms with van der Waals surface area (Å²) in [6.45, 7) is 3.13. The fraction of sp³-hybridized carbons (Fsp3) is 0.571. The molecule has 0 amide bonds. The van der Waals surface area contributed by atoms with Gasteiger partial charge in [0, 0.05) is 25.0 Å². The lowest BCUT2D eigenvalue weighted by atomic mass is 10.1. The lowest BCUT2D eigenvalue weighted by Crippen LogP contribution is -2.13. The van der Waals surface area contributed by atoms with E-state index in [4.69, 9.17) is 16.6 Å². The second-order valence-corrected chi connectivity index (χ2v) is 6.64. The van der Waals surface area contributed by atoms with E-state index in [-0.39, 0.29) is 0 Å². The molecule has 0 radical (unpaired) electrons. The molecule has 1 unspecified atom stereocenters. The Morgan fingerprint density at radius 2 is 2.42 bits per heavy atom. The molecule has 5 heteroatoms. The van der Waals surface area contributed by atoms with Gasteiger partial charge in [-0.25, -0.2) is 9.97 Å². The molecule has 3 rings (SSSR count). The van der Waals surface area contributed by atoms with Crippen molar-refractivity contribution in [2.24, 2.45) is 5.92 Å². The van der Waals surface area contributed by atoms with Gasteiger partial charge in [-0.05, 0) is 42.4 Å². The normalized spacial score (nSPS) is 19.4. The van der Waals surface area contributed by atoms with Crippen LogP contribution in [0.4, 0.5) is 0 Å². The molecule has 1 fully saturated rings. The van der Waals surface area contributed by atoms with Gasteiger partial charge in [-0.15, -0.1) is 11.6 Å². The number of thioether (sulfide) groups is 1. The smallest absolute Gasteiger partial charge is 0.160 e. The third-order valence-electron chi connectivity index (χ3n) is 3.70. The van der Waals surface area contributed by atoms with Crippen molar-refractivity contribution in [2.45, 2.75) is 26.3 Å². The minimum Gasteiger partial charge on any atom is -0.312 e. The third-order valence-corrected chi connectivity index (χ3v) is 5.12. The summed E-state index contributed by atoms with van der Waals surface area (Å²) in [4.78, 5) is 9.29. The van der Waals surface area contributed by atoms with E-state index in [2.05, 4.69) is 28.2 Å². The average molecular weight is 296 g/mol. The molecule has 102 valence electrons. The van der Waals surface area contributed by atoms with Gasteiger partial charge in [0.25, 0.3) is 0 Å². The Balaban J connectivity index is 2.02. The molecular formula is C14H18ClN3S. The van der Waals surface area contributed by atoms with Crippen LogP contribution in [-0.2, 0) is 13.0 Å². The van der Waals surface area contributed by atoms with E-state index in [1.54, 1.807) is 0 Å². The van der Waals surface area contributed by atoms with E-state index < -0.39 is 0 Å². The molecule has 2 aromatic rings. The summed E-state index contributed by atoms with van der Waals surface area (Å²) in [7, 11) is 0. The number of rotatable bonds is 4. The highest BCUT2D eigenvalue weighted by molar-refractivity contribution is 7.99. The van der Waals surface area contributed by atoms with Gasteiger partial charge in [-0.3, -0.25) is 0 Å². The summed E-state index contributed by atoms with van der Waals surface area (Å²) < 4.78 is 2.29. The lowest BCUT2D eigenvalue weighted by Gasteiger charge is -2.12. The summed E-state index contributed by atoms with van der Waals surface area (Å²) in [5, 5.41) is 0. The number of aromatic nitrogens is 3. The second-order valence-electron chi connectivity index (χ2n) is 5.11. The molecular weight excluding hydrogens is 278 g/mol. The predicted molar refractivity (Wildman–Crippen MR) is 82.1 cm³/mol. The number of pyridine rings is 1. The number of imidazole rings is 1. The zero-order valence-electron chi connectivity index (χ0n) is 11.1. The Morgan fingerprint density at radius 1 is 1.53 bits per heavy atom. The van der Waals surface area contributed by atoms with Crippen molar-refractivity contribution in [1.82, 2.24) is 14.5 Å². The van der Waals surface area contributed by atoms with Crippen LogP contribution < -0.4 is 0 Å². The number of hydrogen-bond acceptors (Lipinski definition) is 3. The highest BCUT2D eigenvalue weighted by Gasteiger charge is 2.20. The summed E-state index contributed by atoms with van der Waals surface area (Å²) in [6, 6.07) is 2.02. The Labute approximate surface area is 122 Å². The fourth-order valence-electron chi connectivity index (χ4n) is 2.64. The SMILES string of the molecule is Cc1ccnc2c1nc(CCCl)n2CC1CCSC1. The zero-order chi connectivity index (χ0) is 13.2. The van der Waals surface area contributed by atoms with Crippen molar-refractivity contribution >= 4 is 34.5 Å². The van der Waals surface area contributed by atoms with E-state index in [0.717, 1.165) is 35.9 Å². The molecule has 1 atom stereocenters. The zero-order valence-corrected chi connectivity index (χ0v) is 12.7. The summed E-state index contributed by atoms with van der Waals surface area (Å²) in [5.74, 6) is 4.99. The number of halogens is 1. The number of nitrogens with zero attached hydrogens (tertiary/aromatic N) is 3. The van der Waals surface area contributed by atoms with Crippen LogP contribution in [-0.4, -0.2) is 31.9 Å². The molecule has 2 aromatic heterocycles. The van der Waals surface area contributed by atoms with Crippen molar-refractivity contribution in [3.05, 3.63) is 23.7 Å². The van der Waals surface area contributed by atoms with Crippen molar-refractivity contribution in [3.8, 4) is 0 Å². The van der Waals surface area contributed by atoms with Gasteiger partial charge in [0.05, 0.1) is 0 Å². The first-order chi connectivity index (χ1) is 9.29. The molecule has 1 aliphatic rings. The van der Waals surface area contributed by atoms with Crippen LogP contribution in [0, 0.1) is 12.8 Å². The minimum absolute atomic E-state index is 0.613. The number of fused-ring (bicyclic) bond motifs is 1. The predicted octanol–water partition coefficient (Wildman–Crippen LogP) is 3.27. The maximum absolute atomic E-state index is 5.91. The largest absolute Gasteiger partial charge is 0.312 e. The maximum atomic E-state index is 5.91. The highest BCUT2D eigenvalue weighted by Crippen LogP contribution is 2.27. The van der Waals surface area contributed by atoms with Gasteiger partial charge in [-0.2, -0.15) is 11.8 Å². The molecule has 0 N–H and O–H groups in total. The Morgan fingerprint density at radius 3 is 3.16 bits per heavy atom. The molecule has 3 nitrogen and oxygen atoms in total. The maximum Gasteiger partial charge on any atom is 0.160 e. The first-order valence-electron chi connectivity index (χ1n) is 6.74. The van der Waals surface area contributed by atoms with Crippen LogP contribution >= 0.6 is 23.4 Å². The molecule has 1 saturated heterocycles. The van der Waals surface area contributed by atoms with Gasteiger partial charge < -0.3 is 4.57 Å². The fourth-order valence-corrected chi connectivity index (χ4v) is 4.08. The number of hydrogen-bond donors (Lipinski definition) is 0. The molecule has 0 saturated carbocycles. The van der Waals surface area contributed by atoms with Crippen molar-refractivity contribution in [2.75, 3.05) is 17.4 Å². The van der Waals surface area contributed by atoms with Crippen LogP contribution in [0.5, 0.6) is 0 Å². The van der Waals surface area contributed by atoms with Crippen LogP contribution in [0.2, 0.25) is 0 Å². The Kier molecular flexibility index (Phi) is 3.99. The monoisotopic (exact) mass is 295 g/mol. The average Bonchev–Trinajstić information content (AvgIpc) is 3.01. The Hall–Kier alpha value is -0.740. The van der Waals surface area contributed by atoms with E-state index in [1.807, 2.05) is 12.3 Å². The first-order valence-corrected chi connectivity index (χ1v) is 8.43. The minimum atomic E-state index is 0.613. The highest BCUT2D eigenvalue weighted by atomic mass is 35.5. The lowest BCUT2D eigenvalue weighted by molar-refractivity contribution is 0.488. The molecule has 1 aliphatic heterocycles. The van der Waals surface area contributed by atoms with Crippen LogP contribution in [0.15, 0.2) is 12.3 Å². The van der Waals surface area contributed by atoms with Crippen molar-refractivity contribution in [1.29, 1.82) is 0 Å². The summed E-state index contributed by atoms with van der Waals surface area (Å²) in [5.41, 5.74) is 3.26. The van der Waals surface area contributed by atoms with Gasteiger partial charge in [0.2, 0.25) is 0 Å². The van der Waals surface area contributed by atoms with Gasteiger partial charge in [0.1, 0.15) is 11.3 Å². The van der Waals surface area contributed by atoms with E-state index in [1.165, 1.54) is 23.5 Å². The number of aryl methyl sites for hydroxylation is 2. The number of alkyl halides is 1. The molecule has 0 aromatic carbocycles. The van der Waals surface area contributed by atoms with E-state index >= 15 is 0 Å². The second kappa shape index (κ2) is 5.71. The molecule has 3 heterocycles. The standard InChI is InChI=1S/C14H18ClN3S/c1-10-3-6-16-14-13(10)17-12(2-5-15)18(14)8-11-4-7-19-9-11/h3,6,11H,2,4-5,7-9H2,1H3. The van der Waals surface area contributed by atoms with Crippen LogP contribution in [0.3, 0.4) is 0 Å². The van der Waals surface area contributed by atoms with Crippen LogP contribution in [0.25, 0.3) is 11.2 Å². The molecule has 19 heavy (non-hydrogen) atoms. The van der Waals surface area contributed by atoms with Crippen molar-refractivity contribution < 1.29 is 0 Å². The molecule has 0 spiro atoms. The molecule has 0 bridgehead atoms. The topological polar surface area (TPSA) is 30.7 Å². The quantitative estimate of drug-likeness (QED) is 0.811. The third kappa shape index (κ3) is 2.61.